The van der Waals surface area contributed by atoms with Gasteiger partial charge in [0.15, 0.2) is 11.6 Å². The van der Waals surface area contributed by atoms with Crippen molar-refractivity contribution in [2.45, 2.75) is 12.5 Å². The van der Waals surface area contributed by atoms with Crippen molar-refractivity contribution in [2.75, 3.05) is 5.43 Å². The molecule has 0 radical (unpaired) electrons. The first-order valence-corrected chi connectivity index (χ1v) is 7.77. The van der Waals surface area contributed by atoms with E-state index >= 15 is 0 Å². The molecule has 1 atom stereocenters. The monoisotopic (exact) mass is 321 g/mol. The van der Waals surface area contributed by atoms with Crippen LogP contribution in [0.3, 0.4) is 0 Å². The molecule has 0 amide bonds. The van der Waals surface area contributed by atoms with E-state index in [4.69, 9.17) is 4.84 Å². The van der Waals surface area contributed by atoms with Gasteiger partial charge >= 0.3 is 0 Å². The molecule has 0 spiro atoms. The fourth-order valence-corrected chi connectivity index (χ4v) is 2.86. The highest BCUT2D eigenvalue weighted by atomic mass is 19.1. The summed E-state index contributed by atoms with van der Waals surface area (Å²) in [4.78, 5) is 9.75. The summed E-state index contributed by atoms with van der Waals surface area (Å²) >= 11 is 0. The van der Waals surface area contributed by atoms with E-state index in [1.54, 1.807) is 23.6 Å². The minimum atomic E-state index is -0.357. The molecule has 4 nitrogen and oxygen atoms in total. The van der Waals surface area contributed by atoms with Crippen LogP contribution in [0.15, 0.2) is 73.1 Å². The van der Waals surface area contributed by atoms with E-state index < -0.39 is 0 Å². The van der Waals surface area contributed by atoms with Gasteiger partial charge in [-0.1, -0.05) is 42.5 Å². The van der Waals surface area contributed by atoms with Crippen LogP contribution in [-0.2, 0) is 6.42 Å². The van der Waals surface area contributed by atoms with Crippen LogP contribution in [-0.4, -0.2) is 10.2 Å². The smallest absolute Gasteiger partial charge is 0.190 e. The normalized spacial score (nSPS) is 16.5. The van der Waals surface area contributed by atoms with E-state index in [1.165, 1.54) is 6.07 Å². The molecule has 0 saturated heterocycles. The molecule has 2 aromatic carbocycles. The Bertz CT molecular complexity index is 827. The van der Waals surface area contributed by atoms with Crippen molar-refractivity contribution in [3.8, 4) is 5.75 Å². The summed E-state index contributed by atoms with van der Waals surface area (Å²) in [5.74, 6) is -0.0791. The summed E-state index contributed by atoms with van der Waals surface area (Å²) in [6.07, 6.45) is 4.09. The number of hydrogen-bond donors (Lipinski definition) is 1. The summed E-state index contributed by atoms with van der Waals surface area (Å²) in [6.45, 7) is 0. The predicted octanol–water partition coefficient (Wildman–Crippen LogP) is 4.14. The summed E-state index contributed by atoms with van der Waals surface area (Å²) in [5.41, 5.74) is 6.01. The molecule has 2 heterocycles. The van der Waals surface area contributed by atoms with Crippen molar-refractivity contribution in [3.05, 3.63) is 90.0 Å². The lowest BCUT2D eigenvalue weighted by molar-refractivity contribution is -0.0472. The molecule has 3 aromatic rings. The highest BCUT2D eigenvalue weighted by Crippen LogP contribution is 2.40. The molecule has 0 bridgehead atoms. The number of aromatic nitrogens is 1. The Morgan fingerprint density at radius 3 is 2.58 bits per heavy atom. The van der Waals surface area contributed by atoms with Crippen molar-refractivity contribution in [1.82, 2.24) is 10.2 Å². The number of para-hydroxylation sites is 1. The zero-order chi connectivity index (χ0) is 16.4. The van der Waals surface area contributed by atoms with Crippen molar-refractivity contribution < 1.29 is 9.23 Å². The summed E-state index contributed by atoms with van der Waals surface area (Å²) in [5, 5.41) is 1.61. The number of pyridine rings is 1. The lowest BCUT2D eigenvalue weighted by Crippen LogP contribution is -2.33. The second-order valence-corrected chi connectivity index (χ2v) is 5.63. The highest BCUT2D eigenvalue weighted by molar-refractivity contribution is 5.44. The van der Waals surface area contributed by atoms with Gasteiger partial charge in [-0.05, 0) is 35.4 Å². The molecule has 0 fully saturated rings. The average Bonchev–Trinajstić information content (AvgIpc) is 2.96. The number of halogens is 1. The van der Waals surface area contributed by atoms with Gasteiger partial charge in [0.05, 0.1) is 5.69 Å². The number of rotatable bonds is 4. The van der Waals surface area contributed by atoms with Crippen molar-refractivity contribution in [1.29, 1.82) is 0 Å². The van der Waals surface area contributed by atoms with Gasteiger partial charge in [-0.2, -0.15) is 0 Å². The Morgan fingerprint density at radius 2 is 1.79 bits per heavy atom. The maximum absolute atomic E-state index is 14.1. The number of fused-ring (bicyclic) bond motifs is 1. The molecular formula is C19H16FN3O. The largest absolute Gasteiger partial charge is 0.382 e. The number of hydrazine groups is 1. The maximum atomic E-state index is 14.1. The fourth-order valence-electron chi connectivity index (χ4n) is 2.86. The van der Waals surface area contributed by atoms with Crippen molar-refractivity contribution >= 4 is 5.69 Å². The average molecular weight is 321 g/mol. The van der Waals surface area contributed by atoms with Crippen molar-refractivity contribution in [3.63, 3.8) is 0 Å². The third-order valence-electron chi connectivity index (χ3n) is 4.02. The molecule has 1 N–H and O–H groups in total. The number of benzene rings is 2. The Morgan fingerprint density at radius 1 is 1.00 bits per heavy atom. The first-order valence-electron chi connectivity index (χ1n) is 7.77. The van der Waals surface area contributed by atoms with Crippen LogP contribution in [0.25, 0.3) is 0 Å². The molecule has 1 unspecified atom stereocenters. The summed E-state index contributed by atoms with van der Waals surface area (Å²) in [7, 11) is 0. The Kier molecular flexibility index (Phi) is 3.84. The van der Waals surface area contributed by atoms with E-state index in [1.807, 2.05) is 36.4 Å². The van der Waals surface area contributed by atoms with Crippen LogP contribution in [0, 0.1) is 5.82 Å². The van der Waals surface area contributed by atoms with Crippen molar-refractivity contribution in [2.24, 2.45) is 0 Å². The number of anilines is 1. The summed E-state index contributed by atoms with van der Waals surface area (Å²) < 4.78 is 14.1. The van der Waals surface area contributed by atoms with Gasteiger partial charge in [0.2, 0.25) is 0 Å². The molecule has 4 rings (SSSR count). The molecule has 1 aliphatic heterocycles. The number of hydrogen-bond acceptors (Lipinski definition) is 4. The standard InChI is InChI=1S/C19H16FN3O/c20-17-8-4-7-16-18(13-14-5-2-1-3-6-14)23(24-19(16)17)22-15-9-11-21-12-10-15/h1-12,18H,13H2,(H,21,22). The van der Waals surface area contributed by atoms with Gasteiger partial charge in [0, 0.05) is 18.0 Å². The molecule has 0 aliphatic carbocycles. The quantitative estimate of drug-likeness (QED) is 0.783. The van der Waals surface area contributed by atoms with Crippen LogP contribution >= 0.6 is 0 Å². The van der Waals surface area contributed by atoms with Crippen LogP contribution in [0.5, 0.6) is 5.75 Å². The SMILES string of the molecule is Fc1cccc2c1ON(Nc1ccncc1)C2Cc1ccccc1. The third kappa shape index (κ3) is 2.81. The third-order valence-corrected chi connectivity index (χ3v) is 4.02. The molecule has 24 heavy (non-hydrogen) atoms. The highest BCUT2D eigenvalue weighted by Gasteiger charge is 2.35. The second-order valence-electron chi connectivity index (χ2n) is 5.63. The van der Waals surface area contributed by atoms with Gasteiger partial charge in [-0.15, -0.1) is 0 Å². The molecule has 5 heteroatoms. The fraction of sp³-hybridized carbons (Fsp3) is 0.105. The van der Waals surface area contributed by atoms with E-state index in [0.717, 1.165) is 16.8 Å². The predicted molar refractivity (Wildman–Crippen MR) is 89.6 cm³/mol. The molecule has 0 saturated carbocycles. The summed E-state index contributed by atoms with van der Waals surface area (Å²) in [6, 6.07) is 18.7. The first-order chi connectivity index (χ1) is 11.8. The number of nitrogens with zero attached hydrogens (tertiary/aromatic N) is 2. The zero-order valence-electron chi connectivity index (χ0n) is 12.9. The molecule has 120 valence electrons. The lowest BCUT2D eigenvalue weighted by Gasteiger charge is -2.24. The van der Waals surface area contributed by atoms with E-state index in [0.29, 0.717) is 6.42 Å². The van der Waals surface area contributed by atoms with Crippen LogP contribution < -0.4 is 10.3 Å². The van der Waals surface area contributed by atoms with Crippen LogP contribution in [0.1, 0.15) is 17.2 Å². The molecular weight excluding hydrogens is 305 g/mol. The van der Waals surface area contributed by atoms with Crippen LogP contribution in [0.4, 0.5) is 10.1 Å². The van der Waals surface area contributed by atoms with Gasteiger partial charge in [0.1, 0.15) is 6.04 Å². The Labute approximate surface area is 139 Å². The van der Waals surface area contributed by atoms with E-state index in [9.17, 15) is 4.39 Å². The Hall–Kier alpha value is -2.92. The zero-order valence-corrected chi connectivity index (χ0v) is 12.9. The lowest BCUT2D eigenvalue weighted by atomic mass is 9.99. The van der Waals surface area contributed by atoms with Gasteiger partial charge < -0.3 is 4.84 Å². The van der Waals surface area contributed by atoms with E-state index in [-0.39, 0.29) is 17.6 Å². The maximum Gasteiger partial charge on any atom is 0.190 e. The second kappa shape index (κ2) is 6.29. The molecule has 1 aliphatic rings. The Balaban J connectivity index is 1.66. The minimum Gasteiger partial charge on any atom is -0.382 e. The number of hydroxylamine groups is 1. The van der Waals surface area contributed by atoms with Gasteiger partial charge in [-0.25, -0.2) is 4.39 Å². The topological polar surface area (TPSA) is 37.4 Å². The van der Waals surface area contributed by atoms with E-state index in [2.05, 4.69) is 22.5 Å². The molecule has 1 aromatic heterocycles. The van der Waals surface area contributed by atoms with Gasteiger partial charge in [0.25, 0.3) is 0 Å². The minimum absolute atomic E-state index is 0.133. The number of nitrogens with one attached hydrogen (secondary N) is 1. The van der Waals surface area contributed by atoms with Gasteiger partial charge in [-0.3, -0.25) is 10.4 Å². The first kappa shape index (κ1) is 14.7. The van der Waals surface area contributed by atoms with Crippen LogP contribution in [0.2, 0.25) is 0 Å².